The van der Waals surface area contributed by atoms with E-state index in [-0.39, 0.29) is 0 Å². The number of ether oxygens (including phenoxy) is 4. The van der Waals surface area contributed by atoms with E-state index >= 15 is 0 Å². The normalized spacial score (nSPS) is 10.6. The number of hydrogen-bond acceptors (Lipinski definition) is 5. The van der Waals surface area contributed by atoms with Gasteiger partial charge in [0.2, 0.25) is 0 Å². The first kappa shape index (κ1) is 22.1. The lowest BCUT2D eigenvalue weighted by molar-refractivity contribution is 0.0999. The Balaban J connectivity index is 2.04. The number of carbonyl (C=O) groups is 1. The molecule has 0 spiro atoms. The summed E-state index contributed by atoms with van der Waals surface area (Å²) < 4.78 is 23.8. The van der Waals surface area contributed by atoms with Crippen LogP contribution in [0.4, 0.5) is 0 Å². The fourth-order valence-corrected chi connectivity index (χ4v) is 3.70. The molecule has 0 bridgehead atoms. The molecule has 0 aliphatic rings. The highest BCUT2D eigenvalue weighted by Gasteiger charge is 2.20. The van der Waals surface area contributed by atoms with Crippen molar-refractivity contribution in [1.82, 2.24) is 4.57 Å². The minimum Gasteiger partial charge on any atom is -0.497 e. The van der Waals surface area contributed by atoms with Crippen molar-refractivity contribution >= 4 is 5.91 Å². The lowest BCUT2D eigenvalue weighted by Gasteiger charge is -2.16. The zero-order valence-corrected chi connectivity index (χ0v) is 18.5. The van der Waals surface area contributed by atoms with Gasteiger partial charge in [0.05, 0.1) is 39.7 Å². The molecule has 7 nitrogen and oxygen atoms in total. The molecule has 3 aromatic rings. The number of hydrogen-bond donors (Lipinski definition) is 1. The first-order valence-corrected chi connectivity index (χ1v) is 9.86. The van der Waals surface area contributed by atoms with Crippen LogP contribution in [-0.4, -0.2) is 38.9 Å². The third-order valence-corrected chi connectivity index (χ3v) is 5.39. The molecular formula is C24H28N2O5. The van der Waals surface area contributed by atoms with Crippen LogP contribution in [0.25, 0.3) is 11.3 Å². The minimum atomic E-state index is -0.467. The molecule has 0 fully saturated rings. The van der Waals surface area contributed by atoms with Crippen molar-refractivity contribution < 1.29 is 23.7 Å². The molecule has 2 N–H and O–H groups in total. The van der Waals surface area contributed by atoms with E-state index in [1.165, 1.54) is 0 Å². The monoisotopic (exact) mass is 424 g/mol. The van der Waals surface area contributed by atoms with Crippen LogP contribution in [0.15, 0.2) is 42.5 Å². The van der Waals surface area contributed by atoms with Gasteiger partial charge in [0.15, 0.2) is 11.5 Å². The van der Waals surface area contributed by atoms with E-state index < -0.39 is 5.91 Å². The van der Waals surface area contributed by atoms with Crippen LogP contribution in [0.1, 0.15) is 21.6 Å². The Bertz CT molecular complexity index is 1090. The number of nitrogens with zero attached hydrogens (tertiary/aromatic N) is 1. The van der Waals surface area contributed by atoms with Gasteiger partial charge in [-0.25, -0.2) is 0 Å². The van der Waals surface area contributed by atoms with Crippen molar-refractivity contribution in [3.8, 4) is 34.3 Å². The molecule has 0 atom stereocenters. The molecule has 31 heavy (non-hydrogen) atoms. The molecule has 3 rings (SSSR count). The van der Waals surface area contributed by atoms with E-state index in [9.17, 15) is 4.79 Å². The number of primary amides is 1. The van der Waals surface area contributed by atoms with Crippen molar-refractivity contribution in [2.45, 2.75) is 19.9 Å². The number of rotatable bonds is 9. The zero-order valence-electron chi connectivity index (χ0n) is 18.5. The Morgan fingerprint density at radius 1 is 0.871 bits per heavy atom. The molecule has 164 valence electrons. The van der Waals surface area contributed by atoms with Crippen LogP contribution >= 0.6 is 0 Å². The van der Waals surface area contributed by atoms with Gasteiger partial charge in [0.1, 0.15) is 11.5 Å². The predicted octanol–water partition coefficient (Wildman–Crippen LogP) is 3.84. The summed E-state index contributed by atoms with van der Waals surface area (Å²) in [6.07, 6.45) is 0.716. The van der Waals surface area contributed by atoms with Crippen molar-refractivity contribution in [2.75, 3.05) is 28.4 Å². The quantitative estimate of drug-likeness (QED) is 0.564. The van der Waals surface area contributed by atoms with Crippen molar-refractivity contribution in [1.29, 1.82) is 0 Å². The molecule has 1 heterocycles. The molecule has 0 radical (unpaired) electrons. The zero-order chi connectivity index (χ0) is 22.5. The topological polar surface area (TPSA) is 84.9 Å². The summed E-state index contributed by atoms with van der Waals surface area (Å²) in [6, 6.07) is 13.2. The summed E-state index contributed by atoms with van der Waals surface area (Å²) in [7, 11) is 6.45. The third-order valence-electron chi connectivity index (χ3n) is 5.39. The van der Waals surface area contributed by atoms with Gasteiger partial charge in [-0.15, -0.1) is 0 Å². The lowest BCUT2D eigenvalue weighted by Crippen LogP contribution is -2.13. The highest BCUT2D eigenvalue weighted by molar-refractivity contribution is 5.96. The number of benzene rings is 2. The van der Waals surface area contributed by atoms with E-state index in [4.69, 9.17) is 24.7 Å². The first-order chi connectivity index (χ1) is 14.9. The third kappa shape index (κ3) is 4.45. The Kier molecular flexibility index (Phi) is 6.74. The maximum atomic E-state index is 12.0. The standard InChI is InChI=1S/C24H28N2O5/c1-15-18(24(25)27)14-20(19-13-17(28-2)7-9-21(19)29-3)26(15)11-10-16-6-8-22(30-4)23(12-16)31-5/h6-9,12-14H,10-11H2,1-5H3,(H2,25,27). The minimum absolute atomic E-state index is 0.467. The largest absolute Gasteiger partial charge is 0.497 e. The Hall–Kier alpha value is -3.61. The lowest BCUT2D eigenvalue weighted by atomic mass is 10.1. The molecule has 1 amide bonds. The predicted molar refractivity (Wildman–Crippen MR) is 119 cm³/mol. The second kappa shape index (κ2) is 9.47. The average molecular weight is 424 g/mol. The number of nitrogens with two attached hydrogens (primary N) is 1. The second-order valence-corrected chi connectivity index (χ2v) is 7.05. The van der Waals surface area contributed by atoms with Gasteiger partial charge in [0.25, 0.3) is 5.91 Å². The Morgan fingerprint density at radius 2 is 1.55 bits per heavy atom. The molecule has 7 heteroatoms. The van der Waals surface area contributed by atoms with Crippen molar-refractivity contribution in [3.05, 3.63) is 59.3 Å². The van der Waals surface area contributed by atoms with Crippen LogP contribution < -0.4 is 24.7 Å². The van der Waals surface area contributed by atoms with Crippen LogP contribution in [0.3, 0.4) is 0 Å². The van der Waals surface area contributed by atoms with Crippen LogP contribution in [0, 0.1) is 6.92 Å². The maximum Gasteiger partial charge on any atom is 0.250 e. The molecule has 2 aromatic carbocycles. The van der Waals surface area contributed by atoms with E-state index in [0.29, 0.717) is 41.5 Å². The summed E-state index contributed by atoms with van der Waals surface area (Å²) >= 11 is 0. The van der Waals surface area contributed by atoms with Gasteiger partial charge in [-0.05, 0) is 55.3 Å². The molecule has 0 saturated heterocycles. The first-order valence-electron chi connectivity index (χ1n) is 9.86. The van der Waals surface area contributed by atoms with Gasteiger partial charge in [-0.1, -0.05) is 6.07 Å². The number of carbonyl (C=O) groups excluding carboxylic acids is 1. The molecule has 0 saturated carbocycles. The molecular weight excluding hydrogens is 396 g/mol. The van der Waals surface area contributed by atoms with Crippen LogP contribution in [0.5, 0.6) is 23.0 Å². The Morgan fingerprint density at radius 3 is 2.16 bits per heavy atom. The summed E-state index contributed by atoms with van der Waals surface area (Å²) in [6.45, 7) is 2.52. The van der Waals surface area contributed by atoms with E-state index in [1.54, 1.807) is 28.4 Å². The van der Waals surface area contributed by atoms with Crippen LogP contribution in [0.2, 0.25) is 0 Å². The summed E-state index contributed by atoms with van der Waals surface area (Å²) in [4.78, 5) is 12.0. The smallest absolute Gasteiger partial charge is 0.250 e. The van der Waals surface area contributed by atoms with Gasteiger partial charge in [0, 0.05) is 17.8 Å². The molecule has 1 aromatic heterocycles. The van der Waals surface area contributed by atoms with Gasteiger partial charge in [-0.3, -0.25) is 4.79 Å². The van der Waals surface area contributed by atoms with Crippen molar-refractivity contribution in [3.63, 3.8) is 0 Å². The SMILES string of the molecule is COc1ccc(OC)c(-c2cc(C(N)=O)c(C)n2CCc2ccc(OC)c(OC)c2)c1. The van der Waals surface area contributed by atoms with Crippen molar-refractivity contribution in [2.24, 2.45) is 5.73 Å². The summed E-state index contributed by atoms with van der Waals surface area (Å²) in [5.74, 6) is 2.27. The van der Waals surface area contributed by atoms with E-state index in [2.05, 4.69) is 4.57 Å². The van der Waals surface area contributed by atoms with Crippen LogP contribution in [-0.2, 0) is 13.0 Å². The maximum absolute atomic E-state index is 12.0. The highest BCUT2D eigenvalue weighted by atomic mass is 16.5. The molecule has 0 unspecified atom stereocenters. The fraction of sp³-hybridized carbons (Fsp3) is 0.292. The fourth-order valence-electron chi connectivity index (χ4n) is 3.70. The number of methoxy groups -OCH3 is 4. The Labute approximate surface area is 182 Å². The number of amides is 1. The molecule has 0 aliphatic carbocycles. The molecule has 0 aliphatic heterocycles. The van der Waals surface area contributed by atoms with E-state index in [0.717, 1.165) is 22.5 Å². The summed E-state index contributed by atoms with van der Waals surface area (Å²) in [5.41, 5.74) is 9.66. The van der Waals surface area contributed by atoms with Gasteiger partial charge in [-0.2, -0.15) is 0 Å². The van der Waals surface area contributed by atoms with Gasteiger partial charge >= 0.3 is 0 Å². The highest BCUT2D eigenvalue weighted by Crippen LogP contribution is 2.36. The van der Waals surface area contributed by atoms with Gasteiger partial charge < -0.3 is 29.2 Å². The average Bonchev–Trinajstić information content (AvgIpc) is 3.13. The van der Waals surface area contributed by atoms with E-state index in [1.807, 2.05) is 49.4 Å². The number of aryl methyl sites for hydroxylation is 1. The number of aromatic nitrogens is 1. The summed E-state index contributed by atoms with van der Waals surface area (Å²) in [5, 5.41) is 0. The second-order valence-electron chi connectivity index (χ2n) is 7.05.